The normalized spacial score (nSPS) is 27.4. The minimum atomic E-state index is -3.74. The van der Waals surface area contributed by atoms with E-state index in [1.165, 1.54) is 18.9 Å². The summed E-state index contributed by atoms with van der Waals surface area (Å²) in [4.78, 5) is 8.86. The molecule has 0 saturated carbocycles. The van der Waals surface area contributed by atoms with Crippen LogP contribution in [0.15, 0.2) is 23.2 Å². The van der Waals surface area contributed by atoms with Gasteiger partial charge in [-0.25, -0.2) is 18.5 Å². The Morgan fingerprint density at radius 2 is 2.10 bits per heavy atom. The molecular formula is C14H22N4O2S. The second-order valence-electron chi connectivity index (χ2n) is 6.38. The maximum atomic E-state index is 11.7. The first kappa shape index (κ1) is 14.7. The molecule has 0 bridgehead atoms. The zero-order chi connectivity index (χ0) is 15.1. The molecule has 2 aliphatic rings. The van der Waals surface area contributed by atoms with E-state index in [1.54, 1.807) is 12.3 Å². The molecule has 0 radical (unpaired) electrons. The van der Waals surface area contributed by atoms with Gasteiger partial charge in [0, 0.05) is 31.2 Å². The predicted octanol–water partition coefficient (Wildman–Crippen LogP) is 0.651. The van der Waals surface area contributed by atoms with Crippen LogP contribution in [-0.2, 0) is 10.0 Å². The molecule has 116 valence electrons. The highest BCUT2D eigenvalue weighted by molar-refractivity contribution is 7.89. The number of likely N-dealkylation sites (tertiary alicyclic amines) is 1. The van der Waals surface area contributed by atoms with Crippen LogP contribution < -0.4 is 10.0 Å². The summed E-state index contributed by atoms with van der Waals surface area (Å²) in [7, 11) is -1.59. The Kier molecular flexibility index (Phi) is 3.67. The summed E-state index contributed by atoms with van der Waals surface area (Å²) >= 11 is 0. The number of piperidine rings is 1. The zero-order valence-electron chi connectivity index (χ0n) is 12.3. The number of hydrogen-bond acceptors (Lipinski definition) is 5. The van der Waals surface area contributed by atoms with E-state index in [0.29, 0.717) is 5.82 Å². The first-order chi connectivity index (χ1) is 9.90. The Balaban J connectivity index is 1.87. The lowest BCUT2D eigenvalue weighted by Crippen LogP contribution is -2.43. The van der Waals surface area contributed by atoms with Crippen molar-refractivity contribution in [3.63, 3.8) is 0 Å². The fraction of sp³-hybridized carbons (Fsp3) is 0.643. The highest BCUT2D eigenvalue weighted by atomic mass is 32.2. The van der Waals surface area contributed by atoms with Gasteiger partial charge in [0.1, 0.15) is 10.7 Å². The van der Waals surface area contributed by atoms with Crippen molar-refractivity contribution in [2.45, 2.75) is 24.2 Å². The van der Waals surface area contributed by atoms with Gasteiger partial charge >= 0.3 is 0 Å². The van der Waals surface area contributed by atoms with Gasteiger partial charge in [-0.15, -0.1) is 0 Å². The van der Waals surface area contributed by atoms with E-state index >= 15 is 0 Å². The molecule has 2 N–H and O–H groups in total. The average molecular weight is 310 g/mol. The van der Waals surface area contributed by atoms with Crippen LogP contribution in [0.4, 0.5) is 5.82 Å². The van der Waals surface area contributed by atoms with Crippen LogP contribution in [0.25, 0.3) is 0 Å². The molecule has 3 heterocycles. The Hall–Kier alpha value is -1.18. The highest BCUT2D eigenvalue weighted by Gasteiger charge is 2.41. The summed E-state index contributed by atoms with van der Waals surface area (Å²) in [5.74, 6) is 0.505. The number of nitrogens with zero attached hydrogens (tertiary/aromatic N) is 3. The van der Waals surface area contributed by atoms with E-state index in [9.17, 15) is 8.42 Å². The summed E-state index contributed by atoms with van der Waals surface area (Å²) in [6.45, 7) is 3.92. The van der Waals surface area contributed by atoms with E-state index in [-0.39, 0.29) is 10.3 Å². The Labute approximate surface area is 126 Å². The maximum absolute atomic E-state index is 11.7. The van der Waals surface area contributed by atoms with Gasteiger partial charge < -0.3 is 9.80 Å². The number of primary sulfonamides is 1. The van der Waals surface area contributed by atoms with Gasteiger partial charge in [-0.3, -0.25) is 0 Å². The first-order valence-corrected chi connectivity index (χ1v) is 8.86. The quantitative estimate of drug-likeness (QED) is 0.867. The third-order valence-corrected chi connectivity index (χ3v) is 5.58. The second-order valence-corrected chi connectivity index (χ2v) is 7.91. The summed E-state index contributed by atoms with van der Waals surface area (Å²) in [6, 6.07) is 3.15. The zero-order valence-corrected chi connectivity index (χ0v) is 13.1. The molecule has 0 aromatic carbocycles. The number of anilines is 1. The molecule has 7 heteroatoms. The molecule has 2 aliphatic heterocycles. The van der Waals surface area contributed by atoms with Gasteiger partial charge in [0.05, 0.1) is 0 Å². The molecule has 0 amide bonds. The molecule has 6 nitrogen and oxygen atoms in total. The molecular weight excluding hydrogens is 288 g/mol. The lowest BCUT2D eigenvalue weighted by molar-refractivity contribution is 0.128. The van der Waals surface area contributed by atoms with Gasteiger partial charge in [0.15, 0.2) is 0 Å². The standard InChI is InChI=1S/C14H22N4O2S/c1-17-8-3-5-14(10-17)6-9-18(11-14)13-12(21(15,19)20)4-2-7-16-13/h2,4,7H,3,5-6,8-11H2,1H3,(H2,15,19,20). The van der Waals surface area contributed by atoms with Crippen LogP contribution in [-0.4, -0.2) is 51.5 Å². The lowest BCUT2D eigenvalue weighted by atomic mass is 9.79. The lowest BCUT2D eigenvalue weighted by Gasteiger charge is -2.38. The van der Waals surface area contributed by atoms with Crippen LogP contribution in [0, 0.1) is 5.41 Å². The molecule has 1 aromatic rings. The molecule has 1 atom stereocenters. The molecule has 21 heavy (non-hydrogen) atoms. The number of aromatic nitrogens is 1. The molecule has 3 rings (SSSR count). The highest BCUT2D eigenvalue weighted by Crippen LogP contribution is 2.40. The topological polar surface area (TPSA) is 79.5 Å². The summed E-state index contributed by atoms with van der Waals surface area (Å²) in [5.41, 5.74) is 0.264. The third kappa shape index (κ3) is 2.90. The predicted molar refractivity (Wildman–Crippen MR) is 81.6 cm³/mol. The van der Waals surface area contributed by atoms with Crippen molar-refractivity contribution in [2.24, 2.45) is 10.6 Å². The molecule has 1 aromatic heterocycles. The van der Waals surface area contributed by atoms with E-state index in [2.05, 4.69) is 21.8 Å². The van der Waals surface area contributed by atoms with E-state index in [1.807, 2.05) is 0 Å². The van der Waals surface area contributed by atoms with Gasteiger partial charge in [-0.05, 0) is 45.0 Å². The maximum Gasteiger partial charge on any atom is 0.241 e. The summed E-state index contributed by atoms with van der Waals surface area (Å²) in [6.07, 6.45) is 5.11. The second kappa shape index (κ2) is 5.23. The Bertz CT molecular complexity index is 634. The van der Waals surface area contributed by atoms with Crippen LogP contribution in [0.5, 0.6) is 0 Å². The van der Waals surface area contributed by atoms with Crippen molar-refractivity contribution in [2.75, 3.05) is 38.1 Å². The van der Waals surface area contributed by atoms with E-state index in [0.717, 1.165) is 32.6 Å². The van der Waals surface area contributed by atoms with Crippen molar-refractivity contribution in [1.82, 2.24) is 9.88 Å². The molecule has 2 saturated heterocycles. The van der Waals surface area contributed by atoms with Crippen molar-refractivity contribution < 1.29 is 8.42 Å². The van der Waals surface area contributed by atoms with E-state index in [4.69, 9.17) is 5.14 Å². The SMILES string of the molecule is CN1CCCC2(CCN(c3ncccc3S(N)(=O)=O)C2)C1. The van der Waals surface area contributed by atoms with Crippen LogP contribution >= 0.6 is 0 Å². The van der Waals surface area contributed by atoms with Crippen molar-refractivity contribution in [1.29, 1.82) is 0 Å². The smallest absolute Gasteiger partial charge is 0.241 e. The number of pyridine rings is 1. The fourth-order valence-corrected chi connectivity index (χ4v) is 4.45. The number of nitrogens with two attached hydrogens (primary N) is 1. The molecule has 0 aliphatic carbocycles. The van der Waals surface area contributed by atoms with Crippen molar-refractivity contribution in [3.05, 3.63) is 18.3 Å². The van der Waals surface area contributed by atoms with Gasteiger partial charge in [-0.2, -0.15) is 0 Å². The largest absolute Gasteiger partial charge is 0.355 e. The Morgan fingerprint density at radius 1 is 1.29 bits per heavy atom. The van der Waals surface area contributed by atoms with Gasteiger partial charge in [-0.1, -0.05) is 0 Å². The van der Waals surface area contributed by atoms with Crippen molar-refractivity contribution in [3.8, 4) is 0 Å². The van der Waals surface area contributed by atoms with Crippen LogP contribution in [0.2, 0.25) is 0 Å². The number of hydrogen-bond donors (Lipinski definition) is 1. The van der Waals surface area contributed by atoms with Crippen LogP contribution in [0.3, 0.4) is 0 Å². The summed E-state index contributed by atoms with van der Waals surface area (Å²) in [5, 5.41) is 5.31. The first-order valence-electron chi connectivity index (χ1n) is 7.31. The molecule has 2 fully saturated rings. The number of rotatable bonds is 2. The summed E-state index contributed by atoms with van der Waals surface area (Å²) < 4.78 is 23.5. The fourth-order valence-electron chi connectivity index (χ4n) is 3.75. The minimum Gasteiger partial charge on any atom is -0.355 e. The third-order valence-electron chi connectivity index (χ3n) is 4.65. The van der Waals surface area contributed by atoms with Gasteiger partial charge in [0.2, 0.25) is 10.0 Å². The Morgan fingerprint density at radius 3 is 2.81 bits per heavy atom. The molecule has 1 spiro atoms. The monoisotopic (exact) mass is 310 g/mol. The molecule has 1 unspecified atom stereocenters. The van der Waals surface area contributed by atoms with Gasteiger partial charge in [0.25, 0.3) is 0 Å². The minimum absolute atomic E-state index is 0.131. The van der Waals surface area contributed by atoms with E-state index < -0.39 is 10.0 Å². The van der Waals surface area contributed by atoms with Crippen molar-refractivity contribution >= 4 is 15.8 Å². The average Bonchev–Trinajstić information content (AvgIpc) is 2.81. The number of sulfonamides is 1. The van der Waals surface area contributed by atoms with Crippen LogP contribution in [0.1, 0.15) is 19.3 Å².